The first-order valence-electron chi connectivity index (χ1n) is 15.6. The van der Waals surface area contributed by atoms with Gasteiger partial charge in [-0.2, -0.15) is 0 Å². The normalized spacial score (nSPS) is 16.5. The van der Waals surface area contributed by atoms with Crippen molar-refractivity contribution < 1.29 is 28.7 Å². The number of hydrogen-bond acceptors (Lipinski definition) is 7. The minimum absolute atomic E-state index is 0.0538. The highest BCUT2D eigenvalue weighted by Crippen LogP contribution is 2.33. The lowest BCUT2D eigenvalue weighted by Crippen LogP contribution is -2.52. The monoisotopic (exact) mass is 641 g/mol. The zero-order valence-corrected chi connectivity index (χ0v) is 27.5. The number of amidine groups is 1. The van der Waals surface area contributed by atoms with Gasteiger partial charge in [-0.15, -0.1) is 0 Å². The zero-order valence-electron chi connectivity index (χ0n) is 27.5. The lowest BCUT2D eigenvalue weighted by molar-refractivity contribution is -0.131. The molecule has 11 nitrogen and oxygen atoms in total. The van der Waals surface area contributed by atoms with Crippen molar-refractivity contribution in [2.24, 2.45) is 0 Å². The Kier molecular flexibility index (Phi) is 11.4. The summed E-state index contributed by atoms with van der Waals surface area (Å²) in [4.78, 5) is 53.0. The molecule has 11 heteroatoms. The first-order valence-corrected chi connectivity index (χ1v) is 15.6. The third-order valence-electron chi connectivity index (χ3n) is 7.65. The van der Waals surface area contributed by atoms with Crippen LogP contribution in [0, 0.1) is 12.3 Å². The molecule has 0 radical (unpaired) electrons. The second-order valence-electron chi connectivity index (χ2n) is 12.7. The van der Waals surface area contributed by atoms with Crippen molar-refractivity contribution in [2.75, 3.05) is 6.54 Å². The molecular formula is C36H43N5O6. The summed E-state index contributed by atoms with van der Waals surface area (Å²) in [5, 5.41) is 16.2. The topological polar surface area (TPSA) is 150 Å². The van der Waals surface area contributed by atoms with E-state index in [2.05, 4.69) is 22.0 Å². The van der Waals surface area contributed by atoms with Crippen LogP contribution in [0.5, 0.6) is 0 Å². The zero-order chi connectivity index (χ0) is 34.1. The van der Waals surface area contributed by atoms with E-state index in [1.807, 2.05) is 55.5 Å². The SMILES string of the molecule is Cc1cccc([C@@H]2C[C@H](C(=O)N[C@@H](C)C(=O)NCc3ccc(C(=N)NC(=O)OCc4ccccc4)cc3)N(C(=O)OC(C)(C)C)C2)c1. The van der Waals surface area contributed by atoms with Crippen molar-refractivity contribution in [3.8, 4) is 0 Å². The highest BCUT2D eigenvalue weighted by atomic mass is 16.6. The van der Waals surface area contributed by atoms with Crippen LogP contribution in [0.25, 0.3) is 0 Å². The van der Waals surface area contributed by atoms with Crippen molar-refractivity contribution in [3.05, 3.63) is 107 Å². The van der Waals surface area contributed by atoms with Gasteiger partial charge in [0.2, 0.25) is 11.8 Å². The van der Waals surface area contributed by atoms with E-state index in [1.165, 1.54) is 4.90 Å². The Morgan fingerprint density at radius 3 is 2.32 bits per heavy atom. The second-order valence-corrected chi connectivity index (χ2v) is 12.7. The number of hydrogen-bond donors (Lipinski definition) is 4. The molecule has 0 unspecified atom stereocenters. The first kappa shape index (κ1) is 34.7. The van der Waals surface area contributed by atoms with Crippen LogP contribution in [-0.4, -0.2) is 59.0 Å². The maximum atomic E-state index is 13.5. The minimum atomic E-state index is -0.862. The highest BCUT2D eigenvalue weighted by Gasteiger charge is 2.42. The Morgan fingerprint density at radius 2 is 1.66 bits per heavy atom. The van der Waals surface area contributed by atoms with Gasteiger partial charge in [-0.3, -0.25) is 25.2 Å². The van der Waals surface area contributed by atoms with Gasteiger partial charge >= 0.3 is 12.2 Å². The molecular weight excluding hydrogens is 598 g/mol. The van der Waals surface area contributed by atoms with E-state index in [0.717, 1.165) is 22.3 Å². The van der Waals surface area contributed by atoms with Gasteiger partial charge in [0.1, 0.15) is 30.1 Å². The van der Waals surface area contributed by atoms with Gasteiger partial charge in [0, 0.05) is 24.6 Å². The number of benzene rings is 3. The average Bonchev–Trinajstić information content (AvgIpc) is 3.49. The molecule has 0 aromatic heterocycles. The molecule has 248 valence electrons. The van der Waals surface area contributed by atoms with E-state index in [-0.39, 0.29) is 24.9 Å². The van der Waals surface area contributed by atoms with Gasteiger partial charge in [0.15, 0.2) is 0 Å². The van der Waals surface area contributed by atoms with Crippen LogP contribution >= 0.6 is 0 Å². The van der Waals surface area contributed by atoms with E-state index in [0.29, 0.717) is 18.5 Å². The minimum Gasteiger partial charge on any atom is -0.444 e. The molecule has 3 aromatic carbocycles. The van der Waals surface area contributed by atoms with Gasteiger partial charge < -0.3 is 20.1 Å². The van der Waals surface area contributed by atoms with Crippen LogP contribution < -0.4 is 16.0 Å². The molecule has 47 heavy (non-hydrogen) atoms. The molecule has 1 saturated heterocycles. The summed E-state index contributed by atoms with van der Waals surface area (Å²) in [5.74, 6) is -0.991. The number of likely N-dealkylation sites (tertiary alicyclic amines) is 1. The fourth-order valence-corrected chi connectivity index (χ4v) is 5.21. The van der Waals surface area contributed by atoms with Crippen molar-refractivity contribution in [1.82, 2.24) is 20.9 Å². The molecule has 0 aliphatic carbocycles. The number of aryl methyl sites for hydroxylation is 1. The number of amides is 4. The molecule has 3 atom stereocenters. The number of alkyl carbamates (subject to hydrolysis) is 1. The molecule has 1 aliphatic heterocycles. The lowest BCUT2D eigenvalue weighted by Gasteiger charge is -2.28. The molecule has 0 saturated carbocycles. The Bertz CT molecular complexity index is 1590. The highest BCUT2D eigenvalue weighted by molar-refractivity contribution is 6.04. The molecule has 0 bridgehead atoms. The molecule has 1 heterocycles. The standard InChI is InChI=1S/C36H43N5O6/c1-23-10-9-13-28(18-23)29-19-30(41(21-29)35(45)47-36(3,4)5)33(43)39-24(2)32(42)38-20-25-14-16-27(17-15-25)31(37)40-34(44)46-22-26-11-7-6-8-12-26/h6-18,24,29-30H,19-22H2,1-5H3,(H,38,42)(H,39,43)(H2,37,40,44)/t24-,29+,30+/m0/s1. The third kappa shape index (κ3) is 10.2. The first-order chi connectivity index (χ1) is 22.3. The summed E-state index contributed by atoms with van der Waals surface area (Å²) in [7, 11) is 0. The molecule has 4 rings (SSSR count). The fraction of sp³-hybridized carbons (Fsp3) is 0.361. The number of nitrogens with zero attached hydrogens (tertiary/aromatic N) is 1. The van der Waals surface area contributed by atoms with E-state index in [4.69, 9.17) is 14.9 Å². The molecule has 3 aromatic rings. The van der Waals surface area contributed by atoms with Gasteiger partial charge in [-0.05, 0) is 57.7 Å². The van der Waals surface area contributed by atoms with Crippen LogP contribution in [-0.2, 0) is 32.2 Å². The maximum absolute atomic E-state index is 13.5. The van der Waals surface area contributed by atoms with Crippen molar-refractivity contribution in [1.29, 1.82) is 5.41 Å². The number of nitrogens with one attached hydrogen (secondary N) is 4. The van der Waals surface area contributed by atoms with Gasteiger partial charge in [0.25, 0.3) is 0 Å². The molecule has 1 fully saturated rings. The summed E-state index contributed by atoms with van der Waals surface area (Å²) >= 11 is 0. The third-order valence-corrected chi connectivity index (χ3v) is 7.65. The Labute approximate surface area is 275 Å². The number of carbonyl (C=O) groups is 4. The largest absolute Gasteiger partial charge is 0.444 e. The smallest absolute Gasteiger partial charge is 0.413 e. The number of ether oxygens (including phenoxy) is 2. The molecule has 0 spiro atoms. The van der Waals surface area contributed by atoms with Crippen molar-refractivity contribution in [3.63, 3.8) is 0 Å². The summed E-state index contributed by atoms with van der Waals surface area (Å²) in [6.45, 7) is 9.52. The van der Waals surface area contributed by atoms with E-state index < -0.39 is 41.7 Å². The maximum Gasteiger partial charge on any atom is 0.413 e. The van der Waals surface area contributed by atoms with Crippen molar-refractivity contribution >= 4 is 29.8 Å². The van der Waals surface area contributed by atoms with Gasteiger partial charge in [-0.1, -0.05) is 84.4 Å². The Morgan fingerprint density at radius 1 is 0.957 bits per heavy atom. The van der Waals surface area contributed by atoms with Gasteiger partial charge in [-0.25, -0.2) is 9.59 Å². The van der Waals surface area contributed by atoms with E-state index in [9.17, 15) is 19.2 Å². The van der Waals surface area contributed by atoms with Crippen LogP contribution in [0.1, 0.15) is 67.9 Å². The quantitative estimate of drug-likeness (QED) is 0.187. The fourth-order valence-electron chi connectivity index (χ4n) is 5.21. The summed E-state index contributed by atoms with van der Waals surface area (Å²) in [6.07, 6.45) is -0.895. The van der Waals surface area contributed by atoms with Crippen LogP contribution in [0.4, 0.5) is 9.59 Å². The second kappa shape index (κ2) is 15.4. The number of carbonyl (C=O) groups excluding carboxylic acids is 4. The Balaban J connectivity index is 1.28. The number of rotatable bonds is 9. The predicted octanol–water partition coefficient (Wildman–Crippen LogP) is 5.16. The van der Waals surface area contributed by atoms with Crippen LogP contribution in [0.3, 0.4) is 0 Å². The van der Waals surface area contributed by atoms with Crippen LogP contribution in [0.15, 0.2) is 78.9 Å². The van der Waals surface area contributed by atoms with E-state index in [1.54, 1.807) is 52.0 Å². The van der Waals surface area contributed by atoms with Crippen LogP contribution in [0.2, 0.25) is 0 Å². The van der Waals surface area contributed by atoms with E-state index >= 15 is 0 Å². The molecule has 4 amide bonds. The summed E-state index contributed by atoms with van der Waals surface area (Å²) < 4.78 is 10.8. The van der Waals surface area contributed by atoms with Gasteiger partial charge in [0.05, 0.1) is 0 Å². The molecule has 4 N–H and O–H groups in total. The summed E-state index contributed by atoms with van der Waals surface area (Å²) in [6, 6.07) is 22.4. The average molecular weight is 642 g/mol. The Hall–Kier alpha value is -5.19. The molecule has 1 aliphatic rings. The summed E-state index contributed by atoms with van der Waals surface area (Å²) in [5.41, 5.74) is 3.46. The van der Waals surface area contributed by atoms with Crippen molar-refractivity contribution in [2.45, 2.75) is 77.8 Å². The predicted molar refractivity (Wildman–Crippen MR) is 178 cm³/mol. The lowest BCUT2D eigenvalue weighted by atomic mass is 9.95.